The van der Waals surface area contributed by atoms with Crippen molar-refractivity contribution in [3.05, 3.63) is 30.1 Å². The first-order chi connectivity index (χ1) is 10.1. The first kappa shape index (κ1) is 14.3. The van der Waals surface area contributed by atoms with Gasteiger partial charge >= 0.3 is 6.09 Å². The Morgan fingerprint density at radius 1 is 1.24 bits per heavy atom. The van der Waals surface area contributed by atoms with E-state index in [1.807, 2.05) is 0 Å². The fraction of sp³-hybridized carbons (Fsp3) is 0.167. The molecule has 0 radical (unpaired) electrons. The molecule has 0 bridgehead atoms. The van der Waals surface area contributed by atoms with E-state index >= 15 is 0 Å². The first-order valence-electron chi connectivity index (χ1n) is 6.11. The highest BCUT2D eigenvalue weighted by Gasteiger charge is 2.11. The number of nitrogens with two attached hydrogens (primary N) is 1. The van der Waals surface area contributed by atoms with Gasteiger partial charge in [-0.3, -0.25) is 15.2 Å². The summed E-state index contributed by atoms with van der Waals surface area (Å²) in [5.74, 6) is -0.458. The summed E-state index contributed by atoms with van der Waals surface area (Å²) in [5.41, 5.74) is 6.40. The summed E-state index contributed by atoms with van der Waals surface area (Å²) in [7, 11) is 0. The van der Waals surface area contributed by atoms with Crippen LogP contribution in [0.25, 0.3) is 0 Å². The third-order valence-corrected chi connectivity index (χ3v) is 2.38. The number of aromatic amines is 1. The van der Waals surface area contributed by atoms with Crippen LogP contribution < -0.4 is 16.4 Å². The van der Waals surface area contributed by atoms with E-state index in [9.17, 15) is 9.59 Å². The largest absolute Gasteiger partial charge is 0.450 e. The molecule has 9 heteroatoms. The molecule has 1 aromatic heterocycles. The number of carbonyl (C=O) groups is 2. The first-order valence-corrected chi connectivity index (χ1v) is 6.11. The highest BCUT2D eigenvalue weighted by Crippen LogP contribution is 2.14. The standard InChI is InChI=1S/C12H14N6O3/c1-2-21-12(20)15-8-5-3-7(4-6-8)14-10(19)9-16-11(13)18-17-9/h3-6H,2H2,1H3,(H,14,19)(H,15,20)(H3,13,16,17,18). The van der Waals surface area contributed by atoms with Gasteiger partial charge in [0.05, 0.1) is 6.61 Å². The monoisotopic (exact) mass is 290 g/mol. The Balaban J connectivity index is 1.96. The van der Waals surface area contributed by atoms with E-state index in [2.05, 4.69) is 25.8 Å². The quantitative estimate of drug-likeness (QED) is 0.668. The lowest BCUT2D eigenvalue weighted by Gasteiger charge is -2.07. The molecule has 2 amide bonds. The van der Waals surface area contributed by atoms with Crippen molar-refractivity contribution in [2.45, 2.75) is 6.92 Å². The average Bonchev–Trinajstić information content (AvgIpc) is 2.88. The molecule has 21 heavy (non-hydrogen) atoms. The summed E-state index contributed by atoms with van der Waals surface area (Å²) in [5, 5.41) is 11.1. The Hall–Kier alpha value is -3.10. The minimum Gasteiger partial charge on any atom is -0.450 e. The summed E-state index contributed by atoms with van der Waals surface area (Å²) in [6.45, 7) is 2.01. The molecule has 0 spiro atoms. The number of nitrogens with one attached hydrogen (secondary N) is 3. The molecular formula is C12H14N6O3. The van der Waals surface area contributed by atoms with Crippen molar-refractivity contribution in [2.75, 3.05) is 23.0 Å². The Kier molecular flexibility index (Phi) is 4.34. The topological polar surface area (TPSA) is 135 Å². The smallest absolute Gasteiger partial charge is 0.411 e. The Morgan fingerprint density at radius 3 is 2.38 bits per heavy atom. The summed E-state index contributed by atoms with van der Waals surface area (Å²) >= 11 is 0. The van der Waals surface area contributed by atoms with Crippen molar-refractivity contribution in [2.24, 2.45) is 0 Å². The van der Waals surface area contributed by atoms with E-state index in [4.69, 9.17) is 10.5 Å². The molecule has 0 aliphatic heterocycles. The second-order valence-corrected chi connectivity index (χ2v) is 3.92. The lowest BCUT2D eigenvalue weighted by molar-refractivity contribution is 0.101. The molecule has 2 rings (SSSR count). The maximum atomic E-state index is 11.8. The molecule has 1 aromatic carbocycles. The average molecular weight is 290 g/mol. The SMILES string of the molecule is CCOC(=O)Nc1ccc(NC(=O)c2nc(N)n[nH]2)cc1. The fourth-order valence-electron chi connectivity index (χ4n) is 1.49. The number of benzene rings is 1. The van der Waals surface area contributed by atoms with Crippen LogP contribution in [0.4, 0.5) is 22.1 Å². The molecular weight excluding hydrogens is 276 g/mol. The van der Waals surface area contributed by atoms with Gasteiger partial charge in [-0.25, -0.2) is 4.79 Å². The Labute approximate surface area is 119 Å². The summed E-state index contributed by atoms with van der Waals surface area (Å²) in [6.07, 6.45) is -0.536. The highest BCUT2D eigenvalue weighted by molar-refractivity contribution is 6.01. The van der Waals surface area contributed by atoms with Gasteiger partial charge in [0, 0.05) is 11.4 Å². The zero-order valence-corrected chi connectivity index (χ0v) is 11.2. The minimum atomic E-state index is -0.536. The Bertz CT molecular complexity index is 637. The predicted molar refractivity (Wildman–Crippen MR) is 75.8 cm³/mol. The van der Waals surface area contributed by atoms with Gasteiger partial charge in [0.15, 0.2) is 0 Å². The van der Waals surface area contributed by atoms with Crippen LogP contribution >= 0.6 is 0 Å². The van der Waals surface area contributed by atoms with Crippen LogP contribution in [0.5, 0.6) is 0 Å². The van der Waals surface area contributed by atoms with Crippen LogP contribution in [0.1, 0.15) is 17.5 Å². The van der Waals surface area contributed by atoms with E-state index in [0.29, 0.717) is 18.0 Å². The molecule has 0 unspecified atom stereocenters. The van der Waals surface area contributed by atoms with Crippen LogP contribution in [0, 0.1) is 0 Å². The molecule has 2 aromatic rings. The van der Waals surface area contributed by atoms with Gasteiger partial charge < -0.3 is 15.8 Å². The van der Waals surface area contributed by atoms with Crippen LogP contribution in [-0.2, 0) is 4.74 Å². The van der Waals surface area contributed by atoms with Crippen molar-refractivity contribution in [3.8, 4) is 0 Å². The number of anilines is 3. The fourth-order valence-corrected chi connectivity index (χ4v) is 1.49. The van der Waals surface area contributed by atoms with Gasteiger partial charge in [-0.05, 0) is 31.2 Å². The molecule has 0 aliphatic carbocycles. The van der Waals surface area contributed by atoms with Crippen molar-refractivity contribution < 1.29 is 14.3 Å². The maximum Gasteiger partial charge on any atom is 0.411 e. The third-order valence-electron chi connectivity index (χ3n) is 2.38. The number of H-pyrrole nitrogens is 1. The van der Waals surface area contributed by atoms with Crippen molar-refractivity contribution in [1.29, 1.82) is 0 Å². The summed E-state index contributed by atoms with van der Waals surface area (Å²) in [6, 6.07) is 6.50. The highest BCUT2D eigenvalue weighted by atomic mass is 16.5. The molecule has 1 heterocycles. The zero-order chi connectivity index (χ0) is 15.2. The number of nitrogen functional groups attached to an aromatic ring is 1. The number of hydrogen-bond donors (Lipinski definition) is 4. The number of hydrogen-bond acceptors (Lipinski definition) is 6. The number of rotatable bonds is 4. The van der Waals surface area contributed by atoms with Gasteiger partial charge in [0.1, 0.15) is 0 Å². The van der Waals surface area contributed by atoms with Crippen LogP contribution in [-0.4, -0.2) is 33.8 Å². The van der Waals surface area contributed by atoms with Crippen LogP contribution in [0.15, 0.2) is 24.3 Å². The number of nitrogens with zero attached hydrogens (tertiary/aromatic N) is 2. The van der Waals surface area contributed by atoms with E-state index in [-0.39, 0.29) is 11.8 Å². The Morgan fingerprint density at radius 2 is 1.86 bits per heavy atom. The van der Waals surface area contributed by atoms with Crippen molar-refractivity contribution in [3.63, 3.8) is 0 Å². The predicted octanol–water partition coefficient (Wildman–Crippen LogP) is 1.21. The molecule has 0 atom stereocenters. The lowest BCUT2D eigenvalue weighted by Crippen LogP contribution is -2.15. The van der Waals surface area contributed by atoms with Crippen LogP contribution in [0.2, 0.25) is 0 Å². The number of aromatic nitrogens is 3. The second-order valence-electron chi connectivity index (χ2n) is 3.92. The molecule has 110 valence electrons. The lowest BCUT2D eigenvalue weighted by atomic mass is 10.3. The maximum absolute atomic E-state index is 11.8. The van der Waals surface area contributed by atoms with E-state index in [0.717, 1.165) is 0 Å². The van der Waals surface area contributed by atoms with E-state index in [1.54, 1.807) is 31.2 Å². The number of ether oxygens (including phenoxy) is 1. The van der Waals surface area contributed by atoms with Crippen LogP contribution in [0.3, 0.4) is 0 Å². The molecule has 0 fully saturated rings. The molecule has 0 saturated carbocycles. The normalized spacial score (nSPS) is 9.95. The summed E-state index contributed by atoms with van der Waals surface area (Å²) < 4.78 is 4.75. The second kappa shape index (κ2) is 6.37. The number of carbonyl (C=O) groups excluding carboxylic acids is 2. The van der Waals surface area contributed by atoms with Gasteiger partial charge in [-0.1, -0.05) is 0 Å². The van der Waals surface area contributed by atoms with E-state index < -0.39 is 12.0 Å². The van der Waals surface area contributed by atoms with Crippen molar-refractivity contribution >= 4 is 29.3 Å². The van der Waals surface area contributed by atoms with Gasteiger partial charge in [-0.2, -0.15) is 4.98 Å². The molecule has 5 N–H and O–H groups in total. The van der Waals surface area contributed by atoms with E-state index in [1.165, 1.54) is 0 Å². The van der Waals surface area contributed by atoms with Gasteiger partial charge in [-0.15, -0.1) is 5.10 Å². The minimum absolute atomic E-state index is 0.00543. The molecule has 9 nitrogen and oxygen atoms in total. The zero-order valence-electron chi connectivity index (χ0n) is 11.2. The van der Waals surface area contributed by atoms with Gasteiger partial charge in [0.25, 0.3) is 5.91 Å². The summed E-state index contributed by atoms with van der Waals surface area (Å²) in [4.78, 5) is 26.7. The molecule has 0 saturated heterocycles. The number of amides is 2. The molecule has 0 aliphatic rings. The third kappa shape index (κ3) is 3.93. The van der Waals surface area contributed by atoms with Crippen molar-refractivity contribution in [1.82, 2.24) is 15.2 Å². The van der Waals surface area contributed by atoms with Gasteiger partial charge in [0.2, 0.25) is 11.8 Å².